The van der Waals surface area contributed by atoms with Crippen molar-refractivity contribution < 1.29 is 29.0 Å². The highest BCUT2D eigenvalue weighted by Gasteiger charge is 2.54. The number of ether oxygens (including phenoxy) is 1. The first-order valence-corrected chi connectivity index (χ1v) is 11.3. The number of carbonyl (C=O) groups is 4. The number of nitrogens with one attached hydrogen (secondary N) is 1. The Hall–Kier alpha value is -3.83. The number of esters is 1. The van der Waals surface area contributed by atoms with E-state index in [1.807, 2.05) is 0 Å². The van der Waals surface area contributed by atoms with Crippen molar-refractivity contribution in [3.63, 3.8) is 0 Å². The van der Waals surface area contributed by atoms with Crippen LogP contribution < -0.4 is 11.5 Å². The van der Waals surface area contributed by atoms with Crippen LogP contribution in [0.2, 0.25) is 0 Å². The number of primary amides is 1. The maximum atomic E-state index is 12.5. The zero-order valence-electron chi connectivity index (χ0n) is 19.7. The van der Waals surface area contributed by atoms with Gasteiger partial charge >= 0.3 is 11.9 Å². The number of nitrogens with two attached hydrogens (primary N) is 2. The molecule has 12 nitrogen and oxygen atoms in total. The number of carboxylic acid groups (broad SMARTS) is 1. The molecule has 0 spiro atoms. The number of carboxylic acids is 1. The minimum absolute atomic E-state index is 0.00443. The molecule has 0 radical (unpaired) electrons. The molecule has 0 unspecified atom stereocenters. The summed E-state index contributed by atoms with van der Waals surface area (Å²) in [6.07, 6.45) is 8.29. The molecule has 12 heteroatoms. The van der Waals surface area contributed by atoms with Crippen LogP contribution in [0.25, 0.3) is 0 Å². The smallest absolute Gasteiger partial charge is 0.348 e. The van der Waals surface area contributed by atoms with Gasteiger partial charge in [-0.3, -0.25) is 25.0 Å². The monoisotopic (exact) mass is 488 g/mol. The number of aromatic nitrogens is 1. The van der Waals surface area contributed by atoms with Gasteiger partial charge in [0.05, 0.1) is 12.7 Å². The van der Waals surface area contributed by atoms with Crippen molar-refractivity contribution >= 4 is 35.8 Å². The molecule has 0 bridgehead atoms. The SMILES string of the molecule is COC(=O)C=NCC(=O)N1CCC[C@]1(C(=O)O)C1CCCCC1.N=C(N)c1ccc(C(N)=O)cn1. The molecule has 2 heterocycles. The first kappa shape index (κ1) is 27.4. The van der Waals surface area contributed by atoms with Crippen molar-refractivity contribution in [3.05, 3.63) is 29.6 Å². The van der Waals surface area contributed by atoms with Crippen molar-refractivity contribution in [3.8, 4) is 0 Å². The average molecular weight is 489 g/mol. The van der Waals surface area contributed by atoms with E-state index in [-0.39, 0.29) is 24.2 Å². The van der Waals surface area contributed by atoms with Crippen LogP contribution in [-0.4, -0.2) is 76.5 Å². The second kappa shape index (κ2) is 12.6. The van der Waals surface area contributed by atoms with E-state index in [1.165, 1.54) is 30.3 Å². The van der Waals surface area contributed by atoms with E-state index < -0.39 is 23.4 Å². The molecule has 2 amide bonds. The standard InChI is InChI=1S/C16H24N2O5.C7H8N4O/c1-23-14(20)11-17-10-13(19)18-9-5-8-16(18,15(21)22)12-6-3-2-4-7-12;8-6(9)5-2-1-4(3-11-5)7(10)12/h11-12H,2-10H2,1H3,(H,21,22);1-3H,(H3,8,9)(H2,10,12)/t16-;/m1./s1. The molecule has 35 heavy (non-hydrogen) atoms. The van der Waals surface area contributed by atoms with Gasteiger partial charge < -0.3 is 26.2 Å². The highest BCUT2D eigenvalue weighted by atomic mass is 16.5. The number of nitrogen functional groups attached to an aromatic ring is 1. The number of aliphatic carboxylic acids is 1. The number of amides is 2. The van der Waals surface area contributed by atoms with Crippen molar-refractivity contribution in [2.45, 2.75) is 50.5 Å². The molecule has 3 rings (SSSR count). The number of hydrogen-bond acceptors (Lipinski definition) is 8. The Bertz CT molecular complexity index is 940. The summed E-state index contributed by atoms with van der Waals surface area (Å²) in [5.74, 6) is -2.55. The molecular formula is C23H32N6O6. The van der Waals surface area contributed by atoms with Gasteiger partial charge in [0, 0.05) is 12.7 Å². The zero-order chi connectivity index (χ0) is 26.0. The first-order chi connectivity index (χ1) is 16.6. The molecule has 1 saturated carbocycles. The van der Waals surface area contributed by atoms with Crippen molar-refractivity contribution in [1.29, 1.82) is 5.41 Å². The fourth-order valence-electron chi connectivity index (χ4n) is 4.63. The van der Waals surface area contributed by atoms with Gasteiger partial charge in [-0.1, -0.05) is 19.3 Å². The maximum Gasteiger partial charge on any atom is 0.348 e. The van der Waals surface area contributed by atoms with Crippen LogP contribution in [-0.2, 0) is 19.1 Å². The lowest BCUT2D eigenvalue weighted by molar-refractivity contribution is -0.161. The Morgan fingerprint density at radius 3 is 2.43 bits per heavy atom. The predicted octanol–water partition coefficient (Wildman–Crippen LogP) is 0.721. The van der Waals surface area contributed by atoms with Gasteiger partial charge in [0.25, 0.3) is 0 Å². The topological polar surface area (TPSA) is 202 Å². The highest BCUT2D eigenvalue weighted by molar-refractivity contribution is 6.23. The third-order valence-electron chi connectivity index (χ3n) is 6.32. The molecule has 1 atom stereocenters. The lowest BCUT2D eigenvalue weighted by Gasteiger charge is -2.42. The summed E-state index contributed by atoms with van der Waals surface area (Å²) >= 11 is 0. The third kappa shape index (κ3) is 6.84. The highest BCUT2D eigenvalue weighted by Crippen LogP contribution is 2.43. The van der Waals surface area contributed by atoms with E-state index in [4.69, 9.17) is 16.9 Å². The Labute approximate surface area is 203 Å². The minimum Gasteiger partial charge on any atom is -0.479 e. The second-order valence-electron chi connectivity index (χ2n) is 8.42. The summed E-state index contributed by atoms with van der Waals surface area (Å²) in [7, 11) is 1.23. The Kier molecular flexibility index (Phi) is 9.86. The lowest BCUT2D eigenvalue weighted by atomic mass is 9.73. The molecule has 0 aromatic carbocycles. The summed E-state index contributed by atoms with van der Waals surface area (Å²) in [4.78, 5) is 55.1. The fourth-order valence-corrected chi connectivity index (χ4v) is 4.63. The molecule has 1 aliphatic heterocycles. The van der Waals surface area contributed by atoms with E-state index in [9.17, 15) is 24.3 Å². The van der Waals surface area contributed by atoms with Gasteiger partial charge in [-0.05, 0) is 43.7 Å². The second-order valence-corrected chi connectivity index (χ2v) is 8.42. The largest absolute Gasteiger partial charge is 0.479 e. The van der Waals surface area contributed by atoms with Gasteiger partial charge in [0.15, 0.2) is 0 Å². The molecule has 1 aromatic heterocycles. The number of pyridine rings is 1. The molecule has 6 N–H and O–H groups in total. The maximum absolute atomic E-state index is 12.5. The van der Waals surface area contributed by atoms with E-state index >= 15 is 0 Å². The van der Waals surface area contributed by atoms with E-state index in [0.717, 1.165) is 38.3 Å². The average Bonchev–Trinajstić information content (AvgIpc) is 3.31. The summed E-state index contributed by atoms with van der Waals surface area (Å²) < 4.78 is 4.42. The molecule has 1 aliphatic carbocycles. The van der Waals surface area contributed by atoms with Gasteiger partial charge in [-0.15, -0.1) is 0 Å². The number of likely N-dealkylation sites (tertiary alicyclic amines) is 1. The van der Waals surface area contributed by atoms with Gasteiger partial charge in [0.2, 0.25) is 11.8 Å². The van der Waals surface area contributed by atoms with Crippen LogP contribution in [0.15, 0.2) is 23.3 Å². The molecule has 2 fully saturated rings. The number of carbonyl (C=O) groups excluding carboxylic acids is 3. The number of methoxy groups -OCH3 is 1. The van der Waals surface area contributed by atoms with Crippen LogP contribution in [0.5, 0.6) is 0 Å². The third-order valence-corrected chi connectivity index (χ3v) is 6.32. The van der Waals surface area contributed by atoms with Gasteiger partial charge in [0.1, 0.15) is 29.8 Å². The summed E-state index contributed by atoms with van der Waals surface area (Å²) in [6.45, 7) is 0.215. The van der Waals surface area contributed by atoms with E-state index in [2.05, 4.69) is 14.7 Å². The van der Waals surface area contributed by atoms with E-state index in [1.54, 1.807) is 0 Å². The molecule has 1 saturated heterocycles. The van der Waals surface area contributed by atoms with Crippen LogP contribution in [0.4, 0.5) is 0 Å². The molecule has 2 aliphatic rings. The van der Waals surface area contributed by atoms with Crippen LogP contribution >= 0.6 is 0 Å². The summed E-state index contributed by atoms with van der Waals surface area (Å²) in [6, 6.07) is 2.95. The van der Waals surface area contributed by atoms with E-state index in [0.29, 0.717) is 30.6 Å². The predicted molar refractivity (Wildman–Crippen MR) is 127 cm³/mol. The van der Waals surface area contributed by atoms with Crippen molar-refractivity contribution in [2.24, 2.45) is 22.4 Å². The number of amidine groups is 1. The Morgan fingerprint density at radius 2 is 1.91 bits per heavy atom. The van der Waals surface area contributed by atoms with Gasteiger partial charge in [-0.2, -0.15) is 0 Å². The van der Waals surface area contributed by atoms with Crippen LogP contribution in [0.1, 0.15) is 61.0 Å². The summed E-state index contributed by atoms with van der Waals surface area (Å²) in [5.41, 5.74) is 9.66. The Morgan fingerprint density at radius 1 is 1.23 bits per heavy atom. The zero-order valence-corrected chi connectivity index (χ0v) is 19.7. The quantitative estimate of drug-likeness (QED) is 0.244. The number of rotatable bonds is 7. The van der Waals surface area contributed by atoms with Crippen molar-refractivity contribution in [2.75, 3.05) is 20.2 Å². The molecule has 1 aromatic rings. The normalized spacial score (nSPS) is 20.1. The lowest BCUT2D eigenvalue weighted by Crippen LogP contribution is -2.58. The van der Waals surface area contributed by atoms with Crippen molar-refractivity contribution in [1.82, 2.24) is 9.88 Å². The first-order valence-electron chi connectivity index (χ1n) is 11.3. The van der Waals surface area contributed by atoms with Crippen LogP contribution in [0, 0.1) is 11.3 Å². The fraction of sp³-hybridized carbons (Fsp3) is 0.522. The van der Waals surface area contributed by atoms with Gasteiger partial charge in [-0.25, -0.2) is 9.59 Å². The number of hydrogen-bond donors (Lipinski definition) is 4. The summed E-state index contributed by atoms with van der Waals surface area (Å²) in [5, 5.41) is 16.9. The Balaban J connectivity index is 0.000000303. The molecular weight excluding hydrogens is 456 g/mol. The number of aliphatic imine (C=N–C) groups is 1. The van der Waals surface area contributed by atoms with Crippen LogP contribution in [0.3, 0.4) is 0 Å². The number of nitrogens with zero attached hydrogens (tertiary/aromatic N) is 3. The minimum atomic E-state index is -1.10. The molecule has 190 valence electrons.